The summed E-state index contributed by atoms with van der Waals surface area (Å²) >= 11 is 5.87. The molecule has 4 aliphatic carbocycles. The summed E-state index contributed by atoms with van der Waals surface area (Å²) in [5, 5.41) is 0.486. The Bertz CT molecular complexity index is 808. The maximum Gasteiger partial charge on any atom is 0.332 e. The van der Waals surface area contributed by atoms with Gasteiger partial charge in [-0.25, -0.2) is 4.79 Å². The minimum Gasteiger partial charge on any atom is -0.459 e. The molecule has 0 unspecified atom stereocenters. The fraction of sp³-hybridized carbons (Fsp3) is 0.839. The monoisotopic (exact) mass is 488 g/mol. The van der Waals surface area contributed by atoms with Crippen molar-refractivity contribution in [1.82, 2.24) is 0 Å². The molecule has 0 radical (unpaired) electrons. The Balaban J connectivity index is 1.44. The van der Waals surface area contributed by atoms with Crippen molar-refractivity contribution in [3.8, 4) is 0 Å². The van der Waals surface area contributed by atoms with Gasteiger partial charge < -0.3 is 4.74 Å². The lowest BCUT2D eigenvalue weighted by Crippen LogP contribution is -2.51. The molecule has 0 saturated heterocycles. The van der Waals surface area contributed by atoms with Gasteiger partial charge in [0, 0.05) is 17.5 Å². The number of carbonyl (C=O) groups is 1. The highest BCUT2D eigenvalue weighted by atomic mass is 35.5. The van der Waals surface area contributed by atoms with Crippen LogP contribution in [-0.2, 0) is 9.53 Å². The summed E-state index contributed by atoms with van der Waals surface area (Å²) in [6.07, 6.45) is 18.2. The van der Waals surface area contributed by atoms with Crippen molar-refractivity contribution in [2.75, 3.05) is 0 Å². The van der Waals surface area contributed by atoms with Crippen LogP contribution >= 0.6 is 11.6 Å². The van der Waals surface area contributed by atoms with Crippen molar-refractivity contribution < 1.29 is 9.53 Å². The molecule has 0 amide bonds. The first-order valence-corrected chi connectivity index (χ1v) is 14.7. The van der Waals surface area contributed by atoms with Crippen molar-refractivity contribution >= 4 is 17.6 Å². The Hall–Kier alpha value is -0.760. The average Bonchev–Trinajstić information content (AvgIpc) is 3.10. The number of esters is 1. The quantitative estimate of drug-likeness (QED) is 0.203. The molecule has 3 fully saturated rings. The molecular weight excluding hydrogens is 440 g/mol. The van der Waals surface area contributed by atoms with Crippen molar-refractivity contribution in [3.05, 3.63) is 22.8 Å². The van der Waals surface area contributed by atoms with Gasteiger partial charge >= 0.3 is 5.97 Å². The normalized spacial score (nSPS) is 40.8. The Morgan fingerprint density at radius 3 is 2.59 bits per heavy atom. The summed E-state index contributed by atoms with van der Waals surface area (Å²) < 4.78 is 5.76. The van der Waals surface area contributed by atoms with E-state index < -0.39 is 0 Å². The summed E-state index contributed by atoms with van der Waals surface area (Å²) in [6, 6.07) is 0. The summed E-state index contributed by atoms with van der Waals surface area (Å²) in [5.74, 6) is 4.87. The highest BCUT2D eigenvalue weighted by molar-refractivity contribution is 6.30. The third-order valence-electron chi connectivity index (χ3n) is 10.9. The van der Waals surface area contributed by atoms with Crippen LogP contribution in [0.25, 0.3) is 0 Å². The Morgan fingerprint density at radius 2 is 1.88 bits per heavy atom. The van der Waals surface area contributed by atoms with Crippen LogP contribution in [0, 0.1) is 46.3 Å². The molecule has 3 heteroatoms. The van der Waals surface area contributed by atoms with E-state index in [9.17, 15) is 4.79 Å². The second kappa shape index (κ2) is 10.3. The molecule has 3 saturated carbocycles. The maximum absolute atomic E-state index is 12.1. The summed E-state index contributed by atoms with van der Waals surface area (Å²) in [6.45, 7) is 14.2. The number of allylic oxidation sites excluding steroid dienone is 2. The summed E-state index contributed by atoms with van der Waals surface area (Å²) in [5.41, 5.74) is 2.41. The van der Waals surface area contributed by atoms with Gasteiger partial charge in [-0.05, 0) is 98.2 Å². The number of carbonyl (C=O) groups excluding carboxylic acids is 1. The van der Waals surface area contributed by atoms with Gasteiger partial charge in [0.25, 0.3) is 0 Å². The van der Waals surface area contributed by atoms with Crippen LogP contribution in [-0.4, -0.2) is 12.1 Å². The smallest absolute Gasteiger partial charge is 0.332 e. The summed E-state index contributed by atoms with van der Waals surface area (Å²) in [4.78, 5) is 12.1. The molecule has 0 heterocycles. The molecule has 4 aliphatic rings. The molecule has 2 nitrogen and oxygen atoms in total. The zero-order valence-corrected chi connectivity index (χ0v) is 23.4. The van der Waals surface area contributed by atoms with E-state index in [0.29, 0.717) is 15.9 Å². The van der Waals surface area contributed by atoms with Gasteiger partial charge in [0.05, 0.1) is 0 Å². The van der Waals surface area contributed by atoms with E-state index in [1.807, 2.05) is 0 Å². The Labute approximate surface area is 214 Å². The van der Waals surface area contributed by atoms with E-state index in [4.69, 9.17) is 16.3 Å². The predicted octanol–water partition coefficient (Wildman–Crippen LogP) is 9.08. The molecule has 0 aliphatic heterocycles. The molecule has 4 rings (SSSR count). The maximum atomic E-state index is 12.1. The molecule has 192 valence electrons. The topological polar surface area (TPSA) is 26.3 Å². The molecular formula is C31H49ClO2. The first-order chi connectivity index (χ1) is 16.0. The molecule has 0 N–H and O–H groups in total. The SMILES string of the molecule is C/C(Cl)=C\C(=O)O[C@H]1CC[C@@]2(C)C(=CC[C@H]3[C@H]2CC[C@]2(C)[C@@H]([C@H](C)CCCC(C)C)CC[C@@H]32)C1. The summed E-state index contributed by atoms with van der Waals surface area (Å²) in [7, 11) is 0. The van der Waals surface area contributed by atoms with Gasteiger partial charge in [0.15, 0.2) is 0 Å². The lowest BCUT2D eigenvalue weighted by atomic mass is 9.47. The zero-order chi connectivity index (χ0) is 24.7. The van der Waals surface area contributed by atoms with E-state index in [1.54, 1.807) is 12.5 Å². The second-order valence-corrected chi connectivity index (χ2v) is 13.9. The first-order valence-electron chi connectivity index (χ1n) is 14.3. The van der Waals surface area contributed by atoms with Crippen molar-refractivity contribution in [2.45, 2.75) is 118 Å². The van der Waals surface area contributed by atoms with E-state index in [-0.39, 0.29) is 12.1 Å². The van der Waals surface area contributed by atoms with Gasteiger partial charge in [-0.2, -0.15) is 0 Å². The van der Waals surface area contributed by atoms with Crippen molar-refractivity contribution in [1.29, 1.82) is 0 Å². The molecule has 8 atom stereocenters. The number of rotatable bonds is 7. The number of ether oxygens (including phenoxy) is 1. The zero-order valence-electron chi connectivity index (χ0n) is 22.7. The predicted molar refractivity (Wildman–Crippen MR) is 143 cm³/mol. The van der Waals surface area contributed by atoms with E-state index in [1.165, 1.54) is 57.4 Å². The van der Waals surface area contributed by atoms with Gasteiger partial charge in [0.2, 0.25) is 0 Å². The molecule has 0 spiro atoms. The van der Waals surface area contributed by atoms with Crippen LogP contribution in [0.4, 0.5) is 0 Å². The van der Waals surface area contributed by atoms with Gasteiger partial charge in [-0.15, -0.1) is 0 Å². The van der Waals surface area contributed by atoms with Crippen LogP contribution in [0.2, 0.25) is 0 Å². The lowest BCUT2D eigenvalue weighted by Gasteiger charge is -2.58. The minimum absolute atomic E-state index is 0.00653. The largest absolute Gasteiger partial charge is 0.459 e. The number of fused-ring (bicyclic) bond motifs is 5. The standard InChI is InChI=1S/C31H49ClO2/c1-20(2)8-7-9-21(3)26-12-13-27-25-11-10-23-19-24(34-29(33)18-22(4)32)14-16-30(23,5)28(25)15-17-31(26,27)6/h10,18,20-21,24-28H,7-9,11-17,19H2,1-6H3/b22-18+/t21-,24+,25-,26-,27+,28-,30+,31-/m1/s1. The third-order valence-corrected chi connectivity index (χ3v) is 11.0. The fourth-order valence-corrected chi connectivity index (χ4v) is 9.20. The van der Waals surface area contributed by atoms with Crippen LogP contribution in [0.15, 0.2) is 22.8 Å². The van der Waals surface area contributed by atoms with E-state index in [0.717, 1.165) is 54.8 Å². The molecule has 0 aromatic rings. The fourth-order valence-electron chi connectivity index (χ4n) is 9.11. The highest BCUT2D eigenvalue weighted by Gasteiger charge is 2.59. The third kappa shape index (κ3) is 5.05. The average molecular weight is 489 g/mol. The van der Waals surface area contributed by atoms with Crippen LogP contribution in [0.5, 0.6) is 0 Å². The number of halogens is 1. The number of hydrogen-bond acceptors (Lipinski definition) is 2. The van der Waals surface area contributed by atoms with Crippen molar-refractivity contribution in [3.63, 3.8) is 0 Å². The molecule has 0 aromatic heterocycles. The van der Waals surface area contributed by atoms with Gasteiger partial charge in [-0.1, -0.05) is 77.1 Å². The first kappa shape index (κ1) is 26.3. The highest BCUT2D eigenvalue weighted by Crippen LogP contribution is 2.67. The second-order valence-electron chi connectivity index (χ2n) is 13.3. The lowest BCUT2D eigenvalue weighted by molar-refractivity contribution is -0.145. The van der Waals surface area contributed by atoms with E-state index in [2.05, 4.69) is 40.7 Å². The van der Waals surface area contributed by atoms with Crippen LogP contribution < -0.4 is 0 Å². The van der Waals surface area contributed by atoms with Gasteiger partial charge in [0.1, 0.15) is 6.10 Å². The molecule has 34 heavy (non-hydrogen) atoms. The Morgan fingerprint density at radius 1 is 1.12 bits per heavy atom. The molecule has 0 aromatic carbocycles. The van der Waals surface area contributed by atoms with Gasteiger partial charge in [-0.3, -0.25) is 0 Å². The Kier molecular flexibility index (Phi) is 7.98. The van der Waals surface area contributed by atoms with Crippen LogP contribution in [0.1, 0.15) is 112 Å². The minimum atomic E-state index is -0.289. The number of hydrogen-bond donors (Lipinski definition) is 0. The molecule has 0 bridgehead atoms. The van der Waals surface area contributed by atoms with Crippen molar-refractivity contribution in [2.24, 2.45) is 46.3 Å². The van der Waals surface area contributed by atoms with E-state index >= 15 is 0 Å². The van der Waals surface area contributed by atoms with Crippen LogP contribution in [0.3, 0.4) is 0 Å².